The molecule has 0 aliphatic rings. The second kappa shape index (κ2) is 7.00. The third-order valence-corrected chi connectivity index (χ3v) is 5.16. The zero-order chi connectivity index (χ0) is 13.7. The highest BCUT2D eigenvalue weighted by Crippen LogP contribution is 2.54. The molecule has 0 aromatic rings. The first kappa shape index (κ1) is 17.3. The average Bonchev–Trinajstić information content (AvgIpc) is 2.13. The smallest absolute Gasteiger partial charge is 0.354 e. The van der Waals surface area contributed by atoms with Gasteiger partial charge in [0.2, 0.25) is 0 Å². The Labute approximate surface area is 100 Å². The van der Waals surface area contributed by atoms with Gasteiger partial charge in [-0.15, -0.1) is 0 Å². The van der Waals surface area contributed by atoms with Crippen molar-refractivity contribution in [3.8, 4) is 0 Å². The van der Waals surface area contributed by atoms with Crippen molar-refractivity contribution in [1.82, 2.24) is 0 Å². The molecule has 0 spiro atoms. The van der Waals surface area contributed by atoms with Crippen molar-refractivity contribution in [2.45, 2.75) is 50.5 Å². The van der Waals surface area contributed by atoms with E-state index in [-0.39, 0.29) is 6.42 Å². The van der Waals surface area contributed by atoms with Crippen LogP contribution in [0.2, 0.25) is 0 Å². The van der Waals surface area contributed by atoms with Crippen LogP contribution < -0.4 is 0 Å². The van der Waals surface area contributed by atoms with Crippen molar-refractivity contribution in [3.05, 3.63) is 0 Å². The van der Waals surface area contributed by atoms with E-state index in [1.54, 1.807) is 0 Å². The van der Waals surface area contributed by atoms with Crippen LogP contribution in [0.1, 0.15) is 39.0 Å². The average molecular weight is 290 g/mol. The van der Waals surface area contributed by atoms with E-state index in [1.165, 1.54) is 0 Å². The second-order valence-electron chi connectivity index (χ2n) is 4.01. The lowest BCUT2D eigenvalue weighted by molar-refractivity contribution is 0.180. The Balaban J connectivity index is 4.57. The van der Waals surface area contributed by atoms with E-state index < -0.39 is 26.7 Å². The first-order chi connectivity index (χ1) is 7.60. The van der Waals surface area contributed by atoms with Gasteiger partial charge in [-0.3, -0.25) is 9.13 Å². The molecule has 5 N–H and O–H groups in total. The van der Waals surface area contributed by atoms with Crippen LogP contribution in [0, 0.1) is 0 Å². The first-order valence-electron chi connectivity index (χ1n) is 5.39. The highest BCUT2D eigenvalue weighted by atomic mass is 31.2. The summed E-state index contributed by atoms with van der Waals surface area (Å²) in [5.74, 6) is -2.30. The van der Waals surface area contributed by atoms with E-state index in [4.69, 9.17) is 19.6 Å². The van der Waals surface area contributed by atoms with Gasteiger partial charge in [-0.25, -0.2) is 0 Å². The van der Waals surface area contributed by atoms with E-state index in [0.717, 1.165) is 12.8 Å². The summed E-state index contributed by atoms with van der Waals surface area (Å²) < 4.78 is 21.9. The minimum atomic E-state index is -4.90. The molecule has 17 heavy (non-hydrogen) atoms. The van der Waals surface area contributed by atoms with Gasteiger partial charge in [0.05, 0.1) is 5.66 Å². The van der Waals surface area contributed by atoms with Crippen LogP contribution in [0.5, 0.6) is 0 Å². The normalized spacial score (nSPS) is 16.8. The number of aliphatic hydroxyl groups is 1. The number of hydrogen-bond donors (Lipinski definition) is 5. The molecule has 0 aromatic heterocycles. The van der Waals surface area contributed by atoms with Gasteiger partial charge in [-0.1, -0.05) is 32.6 Å². The van der Waals surface area contributed by atoms with Gasteiger partial charge in [0, 0.05) is 0 Å². The summed E-state index contributed by atoms with van der Waals surface area (Å²) in [6.45, 7) is 1.96. The van der Waals surface area contributed by atoms with Gasteiger partial charge in [0.1, 0.15) is 0 Å². The Morgan fingerprint density at radius 3 is 1.82 bits per heavy atom. The molecule has 9 heteroatoms. The zero-order valence-electron chi connectivity index (χ0n) is 9.64. The van der Waals surface area contributed by atoms with Crippen LogP contribution in [0.15, 0.2) is 0 Å². The Bertz CT molecular complexity index is 307. The Morgan fingerprint density at radius 2 is 1.47 bits per heavy atom. The van der Waals surface area contributed by atoms with Gasteiger partial charge in [-0.05, 0) is 6.42 Å². The number of hydrogen-bond acceptors (Lipinski definition) is 3. The lowest BCUT2D eigenvalue weighted by Crippen LogP contribution is -2.26. The second-order valence-corrected chi connectivity index (χ2v) is 7.56. The molecule has 7 nitrogen and oxygen atoms in total. The summed E-state index contributed by atoms with van der Waals surface area (Å²) in [5, 5.41) is 9.28. The topological polar surface area (TPSA) is 135 Å². The zero-order valence-corrected chi connectivity index (χ0v) is 11.4. The fraction of sp³-hybridized carbons (Fsp3) is 1.00. The summed E-state index contributed by atoms with van der Waals surface area (Å²) in [4.78, 5) is 35.4. The summed E-state index contributed by atoms with van der Waals surface area (Å²) in [6.07, 6.45) is 2.83. The molecule has 0 rings (SSSR count). The molecule has 0 aliphatic heterocycles. The predicted octanol–water partition coefficient (Wildman–Crippen LogP) is 0.999. The maximum absolute atomic E-state index is 11.1. The van der Waals surface area contributed by atoms with Gasteiger partial charge in [-0.2, -0.15) is 0 Å². The fourth-order valence-corrected chi connectivity index (χ4v) is 4.00. The lowest BCUT2D eigenvalue weighted by atomic mass is 10.1. The van der Waals surface area contributed by atoms with Crippen molar-refractivity contribution >= 4 is 15.2 Å². The van der Waals surface area contributed by atoms with Gasteiger partial charge in [0.25, 0.3) is 0 Å². The monoisotopic (exact) mass is 290 g/mol. The van der Waals surface area contributed by atoms with Crippen LogP contribution in [-0.2, 0) is 9.13 Å². The predicted molar refractivity (Wildman–Crippen MR) is 62.6 cm³/mol. The summed E-state index contributed by atoms with van der Waals surface area (Å²) in [5.41, 5.74) is -1.69. The minimum absolute atomic E-state index is 0.101. The Morgan fingerprint density at radius 1 is 0.941 bits per heavy atom. The Kier molecular flexibility index (Phi) is 7.11. The maximum atomic E-state index is 11.1. The molecule has 104 valence electrons. The van der Waals surface area contributed by atoms with Crippen molar-refractivity contribution < 1.29 is 33.8 Å². The molecule has 0 bridgehead atoms. The quantitative estimate of drug-likeness (QED) is 0.332. The molecule has 0 fully saturated rings. The number of aliphatic hydroxyl groups excluding tert-OH is 1. The first-order valence-corrected chi connectivity index (χ1v) is 8.75. The van der Waals surface area contributed by atoms with E-state index in [9.17, 15) is 14.2 Å². The van der Waals surface area contributed by atoms with Crippen molar-refractivity contribution in [2.75, 3.05) is 0 Å². The molecule has 0 aromatic carbocycles. The molecular weight excluding hydrogens is 270 g/mol. The van der Waals surface area contributed by atoms with E-state index in [1.807, 2.05) is 6.92 Å². The maximum Gasteiger partial charge on any atom is 0.354 e. The number of rotatable bonds is 8. The standard InChI is InChI=1S/C8H20O7P2/c1-2-3-4-5-6-7(16(10,11)12)8(9)17(13,14)15/h7-9H,2-6H2,1H3,(H2,10,11,12)(H2,13,14,15). The third kappa shape index (κ3) is 6.67. The molecule has 0 aliphatic carbocycles. The van der Waals surface area contributed by atoms with Gasteiger partial charge < -0.3 is 24.7 Å². The highest BCUT2D eigenvalue weighted by molar-refractivity contribution is 7.57. The highest BCUT2D eigenvalue weighted by Gasteiger charge is 2.43. The van der Waals surface area contributed by atoms with Crippen molar-refractivity contribution in [3.63, 3.8) is 0 Å². The van der Waals surface area contributed by atoms with Crippen LogP contribution in [0.4, 0.5) is 0 Å². The largest absolute Gasteiger partial charge is 0.380 e. The van der Waals surface area contributed by atoms with Crippen LogP contribution in [0.25, 0.3) is 0 Å². The molecule has 2 unspecified atom stereocenters. The molecule has 0 heterocycles. The molecule has 0 radical (unpaired) electrons. The summed E-state index contributed by atoms with van der Waals surface area (Å²) in [6, 6.07) is 0. The van der Waals surface area contributed by atoms with Crippen LogP contribution in [0.3, 0.4) is 0 Å². The molecule has 0 amide bonds. The molecule has 2 atom stereocenters. The lowest BCUT2D eigenvalue weighted by Gasteiger charge is -2.24. The van der Waals surface area contributed by atoms with Crippen molar-refractivity contribution in [1.29, 1.82) is 0 Å². The third-order valence-electron chi connectivity index (χ3n) is 2.47. The molecular formula is C8H20O7P2. The van der Waals surface area contributed by atoms with E-state index in [2.05, 4.69) is 0 Å². The van der Waals surface area contributed by atoms with E-state index in [0.29, 0.717) is 12.8 Å². The Hall–Kier alpha value is 0.260. The van der Waals surface area contributed by atoms with Crippen LogP contribution >= 0.6 is 15.2 Å². The summed E-state index contributed by atoms with van der Waals surface area (Å²) >= 11 is 0. The SMILES string of the molecule is CCCCCCC(C(O)P(=O)(O)O)P(=O)(O)O. The van der Waals surface area contributed by atoms with Crippen molar-refractivity contribution in [2.24, 2.45) is 0 Å². The number of unbranched alkanes of at least 4 members (excludes halogenated alkanes) is 3. The fourth-order valence-electron chi connectivity index (χ4n) is 1.50. The van der Waals surface area contributed by atoms with Gasteiger partial charge >= 0.3 is 15.2 Å². The van der Waals surface area contributed by atoms with Crippen LogP contribution in [-0.4, -0.2) is 36.2 Å². The molecule has 0 saturated heterocycles. The minimum Gasteiger partial charge on any atom is -0.380 e. The van der Waals surface area contributed by atoms with Gasteiger partial charge in [0.15, 0.2) is 5.85 Å². The van der Waals surface area contributed by atoms with E-state index >= 15 is 0 Å². The summed E-state index contributed by atoms with van der Waals surface area (Å²) in [7, 11) is -9.62. The molecule has 0 saturated carbocycles.